The molecule has 1 fully saturated rings. The summed E-state index contributed by atoms with van der Waals surface area (Å²) in [4.78, 5) is 6.81. The topological polar surface area (TPSA) is 54.7 Å². The number of hydrogen-bond donors (Lipinski definition) is 2. The van der Waals surface area contributed by atoms with Gasteiger partial charge in [0, 0.05) is 5.69 Å². The summed E-state index contributed by atoms with van der Waals surface area (Å²) in [6.07, 6.45) is 1.16. The summed E-state index contributed by atoms with van der Waals surface area (Å²) in [5.41, 5.74) is 11.0. The molecule has 0 amide bonds. The highest BCUT2D eigenvalue weighted by atomic mass is 15.0. The van der Waals surface area contributed by atoms with E-state index < -0.39 is 0 Å². The number of imidazole rings is 1. The van der Waals surface area contributed by atoms with Crippen molar-refractivity contribution in [1.82, 2.24) is 9.97 Å². The van der Waals surface area contributed by atoms with Gasteiger partial charge in [0.1, 0.15) is 0 Å². The minimum Gasteiger partial charge on any atom is -0.369 e. The van der Waals surface area contributed by atoms with Crippen LogP contribution in [-0.2, 0) is 6.42 Å². The van der Waals surface area contributed by atoms with Crippen LogP contribution in [0.1, 0.15) is 56.1 Å². The summed E-state index contributed by atoms with van der Waals surface area (Å²) in [5, 5.41) is 0. The van der Waals surface area contributed by atoms with Gasteiger partial charge in [-0.3, -0.25) is 0 Å². The van der Waals surface area contributed by atoms with Crippen molar-refractivity contribution in [1.29, 1.82) is 0 Å². The molecule has 0 bridgehead atoms. The number of rotatable bonds is 2. The van der Waals surface area contributed by atoms with E-state index in [0.717, 1.165) is 29.6 Å². The molecule has 3 heteroatoms. The Bertz CT molecular complexity index is 620. The Labute approximate surface area is 134 Å². The van der Waals surface area contributed by atoms with Crippen molar-refractivity contribution < 1.29 is 0 Å². The van der Waals surface area contributed by atoms with Gasteiger partial charge in [-0.1, -0.05) is 52.0 Å². The predicted octanol–water partition coefficient (Wildman–Crippen LogP) is 4.62. The molecule has 1 unspecified atom stereocenters. The van der Waals surface area contributed by atoms with Crippen molar-refractivity contribution in [3.05, 3.63) is 46.8 Å². The SMILES string of the molecule is CCc1ccccc1[C@@H]1C(C)C1(C)C.Cc1nc(N)[nH]c1C. The standard InChI is InChI=1S/C14H20.C5H9N3/c1-5-11-8-6-7-9-12(11)13-10(2)14(13,3)4;1-3-4(2)8-5(6)7-3/h6-10,13H,5H2,1-4H3;1-2H3,(H3,6,7,8)/t10?,13-;/m0./s1. The molecule has 0 spiro atoms. The number of hydrogen-bond acceptors (Lipinski definition) is 2. The van der Waals surface area contributed by atoms with E-state index in [9.17, 15) is 0 Å². The first-order valence-corrected chi connectivity index (χ1v) is 8.15. The highest BCUT2D eigenvalue weighted by Gasteiger charge is 2.55. The van der Waals surface area contributed by atoms with Crippen LogP contribution in [0.2, 0.25) is 0 Å². The van der Waals surface area contributed by atoms with Crippen LogP contribution in [0.5, 0.6) is 0 Å². The van der Waals surface area contributed by atoms with Gasteiger partial charge in [0.05, 0.1) is 5.69 Å². The van der Waals surface area contributed by atoms with Gasteiger partial charge in [0.2, 0.25) is 0 Å². The fraction of sp³-hybridized carbons (Fsp3) is 0.526. The molecule has 2 aromatic rings. The second kappa shape index (κ2) is 6.15. The fourth-order valence-electron chi connectivity index (χ4n) is 3.30. The van der Waals surface area contributed by atoms with Crippen LogP contribution in [0.4, 0.5) is 5.95 Å². The van der Waals surface area contributed by atoms with Crippen LogP contribution >= 0.6 is 0 Å². The first-order chi connectivity index (χ1) is 10.3. The molecule has 1 aromatic heterocycles. The molecule has 1 heterocycles. The number of nitrogens with one attached hydrogen (secondary N) is 1. The number of nitrogens with two attached hydrogens (primary N) is 1. The molecule has 2 atom stereocenters. The number of aromatic amines is 1. The van der Waals surface area contributed by atoms with Gasteiger partial charge in [0.15, 0.2) is 5.95 Å². The number of H-pyrrole nitrogens is 1. The molecule has 1 saturated carbocycles. The quantitative estimate of drug-likeness (QED) is 0.850. The van der Waals surface area contributed by atoms with Crippen LogP contribution < -0.4 is 5.73 Å². The third kappa shape index (κ3) is 3.18. The number of aromatic nitrogens is 2. The van der Waals surface area contributed by atoms with E-state index in [4.69, 9.17) is 5.73 Å². The maximum absolute atomic E-state index is 5.31. The van der Waals surface area contributed by atoms with Gasteiger partial charge in [-0.15, -0.1) is 0 Å². The predicted molar refractivity (Wildman–Crippen MR) is 94.0 cm³/mol. The summed E-state index contributed by atoms with van der Waals surface area (Å²) < 4.78 is 0. The van der Waals surface area contributed by atoms with E-state index >= 15 is 0 Å². The lowest BCUT2D eigenvalue weighted by molar-refractivity contribution is 0.574. The number of anilines is 1. The molecular weight excluding hydrogens is 270 g/mol. The fourth-order valence-corrected chi connectivity index (χ4v) is 3.30. The van der Waals surface area contributed by atoms with Crippen molar-refractivity contribution in [2.45, 2.75) is 53.9 Å². The lowest BCUT2D eigenvalue weighted by Crippen LogP contribution is -1.94. The average Bonchev–Trinajstić information content (AvgIpc) is 2.80. The zero-order valence-corrected chi connectivity index (χ0v) is 14.7. The van der Waals surface area contributed by atoms with E-state index in [-0.39, 0.29) is 0 Å². The van der Waals surface area contributed by atoms with Crippen LogP contribution in [0.3, 0.4) is 0 Å². The Kier molecular flexibility index (Phi) is 4.64. The van der Waals surface area contributed by atoms with E-state index in [2.05, 4.69) is 61.9 Å². The highest BCUT2D eigenvalue weighted by Crippen LogP contribution is 2.64. The number of benzene rings is 1. The summed E-state index contributed by atoms with van der Waals surface area (Å²) in [6.45, 7) is 13.3. The Morgan fingerprint density at radius 1 is 1.23 bits per heavy atom. The molecule has 22 heavy (non-hydrogen) atoms. The Hall–Kier alpha value is -1.77. The largest absolute Gasteiger partial charge is 0.369 e. The summed E-state index contributed by atoms with van der Waals surface area (Å²) in [5.74, 6) is 2.13. The lowest BCUT2D eigenvalue weighted by Gasteiger charge is -2.08. The second-order valence-corrected chi connectivity index (χ2v) is 6.97. The van der Waals surface area contributed by atoms with Crippen molar-refractivity contribution in [2.75, 3.05) is 5.73 Å². The number of aryl methyl sites for hydroxylation is 3. The van der Waals surface area contributed by atoms with Crippen LogP contribution in [0.15, 0.2) is 24.3 Å². The number of nitrogens with zero attached hydrogens (tertiary/aromatic N) is 1. The molecule has 120 valence electrons. The minimum atomic E-state index is 0.500. The molecule has 3 N–H and O–H groups in total. The maximum atomic E-state index is 5.31. The molecule has 1 aromatic carbocycles. The monoisotopic (exact) mass is 299 g/mol. The van der Waals surface area contributed by atoms with E-state index in [1.807, 2.05) is 13.8 Å². The summed E-state index contributed by atoms with van der Waals surface area (Å²) in [6, 6.07) is 8.92. The zero-order valence-electron chi connectivity index (χ0n) is 14.7. The Morgan fingerprint density at radius 3 is 2.18 bits per heavy atom. The third-order valence-electron chi connectivity index (χ3n) is 5.28. The van der Waals surface area contributed by atoms with Gasteiger partial charge in [0.25, 0.3) is 0 Å². The normalized spacial score (nSPS) is 21.9. The molecule has 0 saturated heterocycles. The van der Waals surface area contributed by atoms with Gasteiger partial charge in [-0.2, -0.15) is 0 Å². The summed E-state index contributed by atoms with van der Waals surface area (Å²) >= 11 is 0. The van der Waals surface area contributed by atoms with Crippen molar-refractivity contribution in [3.8, 4) is 0 Å². The molecule has 1 aliphatic rings. The van der Waals surface area contributed by atoms with Gasteiger partial charge in [-0.25, -0.2) is 4.98 Å². The van der Waals surface area contributed by atoms with E-state index in [1.165, 1.54) is 5.56 Å². The molecule has 1 aliphatic carbocycles. The van der Waals surface area contributed by atoms with Crippen LogP contribution in [0, 0.1) is 25.2 Å². The Balaban J connectivity index is 0.000000188. The molecule has 0 radical (unpaired) electrons. The zero-order chi connectivity index (χ0) is 16.5. The maximum Gasteiger partial charge on any atom is 0.197 e. The van der Waals surface area contributed by atoms with Crippen molar-refractivity contribution >= 4 is 5.95 Å². The molecule has 0 aliphatic heterocycles. The number of nitrogen functional groups attached to an aromatic ring is 1. The average molecular weight is 299 g/mol. The molecular formula is C19H29N3. The van der Waals surface area contributed by atoms with Gasteiger partial charge in [-0.05, 0) is 48.6 Å². The molecule has 3 nitrogen and oxygen atoms in total. The van der Waals surface area contributed by atoms with E-state index in [1.54, 1.807) is 5.56 Å². The highest BCUT2D eigenvalue weighted by molar-refractivity contribution is 5.37. The van der Waals surface area contributed by atoms with Crippen LogP contribution in [0.25, 0.3) is 0 Å². The minimum absolute atomic E-state index is 0.500. The van der Waals surface area contributed by atoms with Gasteiger partial charge >= 0.3 is 0 Å². The third-order valence-corrected chi connectivity index (χ3v) is 5.28. The van der Waals surface area contributed by atoms with Gasteiger partial charge < -0.3 is 10.7 Å². The van der Waals surface area contributed by atoms with E-state index in [0.29, 0.717) is 11.4 Å². The molecule has 3 rings (SSSR count). The lowest BCUT2D eigenvalue weighted by atomic mass is 9.97. The first-order valence-electron chi connectivity index (χ1n) is 8.15. The van der Waals surface area contributed by atoms with Crippen LogP contribution in [-0.4, -0.2) is 9.97 Å². The first kappa shape index (κ1) is 16.6. The second-order valence-electron chi connectivity index (χ2n) is 6.97. The van der Waals surface area contributed by atoms with Crippen molar-refractivity contribution in [2.24, 2.45) is 11.3 Å². The summed E-state index contributed by atoms with van der Waals surface area (Å²) in [7, 11) is 0. The Morgan fingerprint density at radius 2 is 1.82 bits per heavy atom. The van der Waals surface area contributed by atoms with Crippen molar-refractivity contribution in [3.63, 3.8) is 0 Å². The smallest absolute Gasteiger partial charge is 0.197 e.